The van der Waals surface area contributed by atoms with Gasteiger partial charge in [-0.25, -0.2) is 14.5 Å². The summed E-state index contributed by atoms with van der Waals surface area (Å²) in [5, 5.41) is 4.69. The van der Waals surface area contributed by atoms with Gasteiger partial charge in [0.15, 0.2) is 5.82 Å². The summed E-state index contributed by atoms with van der Waals surface area (Å²) in [5.41, 5.74) is 0.703. The van der Waals surface area contributed by atoms with E-state index in [1.165, 1.54) is 29.5 Å². The molecule has 0 fully saturated rings. The SMILES string of the molecule is CC(C)OC(=O)/C=C\n1cnc(-c2cncc(Cl)c2)n1. The number of pyridine rings is 1. The number of rotatable bonds is 4. The van der Waals surface area contributed by atoms with E-state index in [4.69, 9.17) is 16.3 Å². The fourth-order valence-electron chi connectivity index (χ4n) is 1.42. The zero-order valence-electron chi connectivity index (χ0n) is 11.0. The van der Waals surface area contributed by atoms with Crippen LogP contribution in [0.1, 0.15) is 13.8 Å². The number of hydrogen-bond donors (Lipinski definition) is 0. The highest BCUT2D eigenvalue weighted by molar-refractivity contribution is 6.30. The molecule has 2 heterocycles. The van der Waals surface area contributed by atoms with E-state index in [0.717, 1.165) is 0 Å². The zero-order chi connectivity index (χ0) is 14.5. The highest BCUT2D eigenvalue weighted by Gasteiger charge is 2.05. The Hall–Kier alpha value is -2.21. The first-order chi connectivity index (χ1) is 9.54. The van der Waals surface area contributed by atoms with E-state index < -0.39 is 5.97 Å². The summed E-state index contributed by atoms with van der Waals surface area (Å²) in [4.78, 5) is 19.4. The number of hydrogen-bond acceptors (Lipinski definition) is 5. The van der Waals surface area contributed by atoms with Crippen molar-refractivity contribution in [3.05, 3.63) is 35.9 Å². The van der Waals surface area contributed by atoms with Crippen LogP contribution in [0.15, 0.2) is 30.9 Å². The van der Waals surface area contributed by atoms with Crippen LogP contribution in [0.2, 0.25) is 5.02 Å². The standard InChI is InChI=1S/C13H13ClN4O2/c1-9(2)20-12(19)3-4-18-8-16-13(17-18)10-5-11(14)7-15-6-10/h3-9H,1-2H3/b4-3-. The predicted octanol–water partition coefficient (Wildman–Crippen LogP) is 2.42. The molecule has 0 spiro atoms. The van der Waals surface area contributed by atoms with Crippen LogP contribution in [0.4, 0.5) is 0 Å². The van der Waals surface area contributed by atoms with E-state index in [-0.39, 0.29) is 6.10 Å². The summed E-state index contributed by atoms with van der Waals surface area (Å²) in [5.74, 6) is 0.0448. The molecule has 7 heteroatoms. The van der Waals surface area contributed by atoms with Crippen LogP contribution in [-0.2, 0) is 9.53 Å². The third-order valence-electron chi connectivity index (χ3n) is 2.19. The van der Waals surface area contributed by atoms with Gasteiger partial charge in [-0.3, -0.25) is 4.98 Å². The number of ether oxygens (including phenoxy) is 1. The molecule has 0 aliphatic carbocycles. The van der Waals surface area contributed by atoms with Gasteiger partial charge in [0.05, 0.1) is 11.1 Å². The maximum absolute atomic E-state index is 11.4. The Labute approximate surface area is 121 Å². The summed E-state index contributed by atoms with van der Waals surface area (Å²) in [6.07, 6.45) is 7.23. The molecule has 2 rings (SSSR count). The lowest BCUT2D eigenvalue weighted by Crippen LogP contribution is -2.08. The summed E-state index contributed by atoms with van der Waals surface area (Å²) in [6, 6.07) is 1.71. The third kappa shape index (κ3) is 3.89. The summed E-state index contributed by atoms with van der Waals surface area (Å²) in [7, 11) is 0. The molecular weight excluding hydrogens is 280 g/mol. The Morgan fingerprint density at radius 1 is 1.45 bits per heavy atom. The van der Waals surface area contributed by atoms with Gasteiger partial charge in [-0.15, -0.1) is 5.10 Å². The molecule has 6 nitrogen and oxygen atoms in total. The molecule has 2 aromatic rings. The lowest BCUT2D eigenvalue weighted by atomic mass is 10.3. The molecule has 0 amide bonds. The Bertz CT molecular complexity index is 637. The van der Waals surface area contributed by atoms with Crippen LogP contribution in [0.5, 0.6) is 0 Å². The summed E-state index contributed by atoms with van der Waals surface area (Å²) < 4.78 is 6.38. The smallest absolute Gasteiger partial charge is 0.332 e. The average Bonchev–Trinajstić information content (AvgIpc) is 2.84. The van der Waals surface area contributed by atoms with Crippen LogP contribution < -0.4 is 0 Å². The Kier molecular flexibility index (Phi) is 4.47. The maximum Gasteiger partial charge on any atom is 0.332 e. The summed E-state index contributed by atoms with van der Waals surface area (Å²) >= 11 is 5.85. The van der Waals surface area contributed by atoms with Crippen molar-refractivity contribution in [1.29, 1.82) is 0 Å². The molecule has 0 aliphatic rings. The van der Waals surface area contributed by atoms with E-state index in [0.29, 0.717) is 16.4 Å². The molecule has 0 bridgehead atoms. The quantitative estimate of drug-likeness (QED) is 0.639. The minimum Gasteiger partial charge on any atom is -0.460 e. The highest BCUT2D eigenvalue weighted by Crippen LogP contribution is 2.17. The van der Waals surface area contributed by atoms with Gasteiger partial charge in [-0.1, -0.05) is 11.6 Å². The fourth-order valence-corrected chi connectivity index (χ4v) is 1.60. The molecule has 0 saturated carbocycles. The zero-order valence-corrected chi connectivity index (χ0v) is 11.8. The molecular formula is C13H13ClN4O2. The average molecular weight is 293 g/mol. The van der Waals surface area contributed by atoms with Crippen LogP contribution >= 0.6 is 11.6 Å². The Balaban J connectivity index is 2.10. The van der Waals surface area contributed by atoms with Gasteiger partial charge in [-0.05, 0) is 19.9 Å². The van der Waals surface area contributed by atoms with E-state index in [1.54, 1.807) is 26.1 Å². The maximum atomic E-state index is 11.4. The lowest BCUT2D eigenvalue weighted by Gasteiger charge is -2.03. The minimum atomic E-state index is -0.429. The first kappa shape index (κ1) is 14.2. The number of carbonyl (C=O) groups is 1. The van der Waals surface area contributed by atoms with Crippen molar-refractivity contribution in [2.75, 3.05) is 0 Å². The Morgan fingerprint density at radius 2 is 2.25 bits per heavy atom. The van der Waals surface area contributed by atoms with Crippen molar-refractivity contribution in [1.82, 2.24) is 19.7 Å². The van der Waals surface area contributed by atoms with Crippen molar-refractivity contribution in [2.45, 2.75) is 20.0 Å². The monoisotopic (exact) mass is 292 g/mol. The number of nitrogens with zero attached hydrogens (tertiary/aromatic N) is 4. The van der Waals surface area contributed by atoms with Gasteiger partial charge in [-0.2, -0.15) is 0 Å². The van der Waals surface area contributed by atoms with Gasteiger partial charge in [0.1, 0.15) is 6.33 Å². The van der Waals surface area contributed by atoms with Crippen LogP contribution in [-0.4, -0.2) is 31.8 Å². The minimum absolute atomic E-state index is 0.156. The van der Waals surface area contributed by atoms with E-state index in [2.05, 4.69) is 15.1 Å². The molecule has 0 radical (unpaired) electrons. The molecule has 0 aliphatic heterocycles. The molecule has 104 valence electrons. The van der Waals surface area contributed by atoms with E-state index in [9.17, 15) is 4.79 Å². The van der Waals surface area contributed by atoms with Gasteiger partial charge in [0.2, 0.25) is 0 Å². The largest absolute Gasteiger partial charge is 0.460 e. The topological polar surface area (TPSA) is 69.9 Å². The second-order valence-corrected chi connectivity index (χ2v) is 4.68. The molecule has 2 aromatic heterocycles. The first-order valence-corrected chi connectivity index (χ1v) is 6.33. The molecule has 0 saturated heterocycles. The third-order valence-corrected chi connectivity index (χ3v) is 2.39. The Morgan fingerprint density at radius 3 is 2.95 bits per heavy atom. The van der Waals surface area contributed by atoms with Crippen LogP contribution in [0, 0.1) is 0 Å². The normalized spacial score (nSPS) is 11.2. The lowest BCUT2D eigenvalue weighted by molar-refractivity contribution is -0.141. The van der Waals surface area contributed by atoms with Crippen LogP contribution in [0.3, 0.4) is 0 Å². The number of carbonyl (C=O) groups excluding carboxylic acids is 1. The van der Waals surface area contributed by atoms with Crippen molar-refractivity contribution >= 4 is 23.8 Å². The van der Waals surface area contributed by atoms with E-state index >= 15 is 0 Å². The van der Waals surface area contributed by atoms with Crippen LogP contribution in [0.25, 0.3) is 17.6 Å². The van der Waals surface area contributed by atoms with Gasteiger partial charge >= 0.3 is 5.97 Å². The second kappa shape index (κ2) is 6.29. The number of esters is 1. The first-order valence-electron chi connectivity index (χ1n) is 5.95. The molecule has 0 atom stereocenters. The predicted molar refractivity (Wildman–Crippen MR) is 74.8 cm³/mol. The summed E-state index contributed by atoms with van der Waals surface area (Å²) in [6.45, 7) is 3.57. The van der Waals surface area contributed by atoms with Gasteiger partial charge < -0.3 is 4.74 Å². The van der Waals surface area contributed by atoms with Gasteiger partial charge in [0.25, 0.3) is 0 Å². The second-order valence-electron chi connectivity index (χ2n) is 4.24. The van der Waals surface area contributed by atoms with Crippen molar-refractivity contribution in [3.63, 3.8) is 0 Å². The van der Waals surface area contributed by atoms with Gasteiger partial charge in [0, 0.05) is 30.2 Å². The molecule has 0 N–H and O–H groups in total. The molecule has 20 heavy (non-hydrogen) atoms. The molecule has 0 aromatic carbocycles. The number of aromatic nitrogens is 4. The van der Waals surface area contributed by atoms with E-state index in [1.807, 2.05) is 0 Å². The van der Waals surface area contributed by atoms with Crippen molar-refractivity contribution < 1.29 is 9.53 Å². The molecule has 0 unspecified atom stereocenters. The highest BCUT2D eigenvalue weighted by atomic mass is 35.5. The fraction of sp³-hybridized carbons (Fsp3) is 0.231. The van der Waals surface area contributed by atoms with Crippen molar-refractivity contribution in [2.24, 2.45) is 0 Å². The van der Waals surface area contributed by atoms with Crippen molar-refractivity contribution in [3.8, 4) is 11.4 Å². The number of halogens is 1.